The second-order valence-electron chi connectivity index (χ2n) is 5.40. The van der Waals surface area contributed by atoms with Crippen LogP contribution in [0.5, 0.6) is 0 Å². The molecule has 0 atom stereocenters. The van der Waals surface area contributed by atoms with E-state index in [2.05, 4.69) is 56.1 Å². The fraction of sp³-hybridized carbons (Fsp3) is 0.235. The summed E-state index contributed by atoms with van der Waals surface area (Å²) in [5.74, 6) is 0.906. The minimum Gasteiger partial charge on any atom is -0.378 e. The highest BCUT2D eigenvalue weighted by molar-refractivity contribution is 9.10. The summed E-state index contributed by atoms with van der Waals surface area (Å²) in [5, 5.41) is 0. The summed E-state index contributed by atoms with van der Waals surface area (Å²) in [6.07, 6.45) is 0. The molecule has 3 aromatic rings. The smallest absolute Gasteiger partial charge is 0.138 e. The quantitative estimate of drug-likeness (QED) is 0.757. The van der Waals surface area contributed by atoms with Crippen LogP contribution in [-0.2, 0) is 4.74 Å². The molecule has 4 nitrogen and oxygen atoms in total. The number of nitrogens with one attached hydrogen (secondary N) is 1. The Labute approximate surface area is 137 Å². The number of aromatic nitrogens is 2. The van der Waals surface area contributed by atoms with Crippen LogP contribution in [0.3, 0.4) is 0 Å². The van der Waals surface area contributed by atoms with E-state index in [4.69, 9.17) is 9.72 Å². The second kappa shape index (κ2) is 5.74. The van der Waals surface area contributed by atoms with Crippen LogP contribution in [-0.4, -0.2) is 36.3 Å². The lowest BCUT2D eigenvalue weighted by Crippen LogP contribution is -2.36. The number of imidazole rings is 1. The van der Waals surface area contributed by atoms with E-state index in [-0.39, 0.29) is 0 Å². The molecular weight excluding hydrogens is 342 g/mol. The predicted octanol–water partition coefficient (Wildman–Crippen LogP) is 3.83. The number of aromatic amines is 1. The van der Waals surface area contributed by atoms with Crippen molar-refractivity contribution in [1.29, 1.82) is 0 Å². The van der Waals surface area contributed by atoms with Crippen LogP contribution in [0, 0.1) is 0 Å². The Hall–Kier alpha value is -1.85. The summed E-state index contributed by atoms with van der Waals surface area (Å²) < 4.78 is 6.48. The van der Waals surface area contributed by atoms with Crippen LogP contribution in [0.2, 0.25) is 0 Å². The zero-order chi connectivity index (χ0) is 14.9. The van der Waals surface area contributed by atoms with Gasteiger partial charge in [-0.2, -0.15) is 0 Å². The van der Waals surface area contributed by atoms with Crippen LogP contribution in [0.4, 0.5) is 5.69 Å². The van der Waals surface area contributed by atoms with Gasteiger partial charge in [0.1, 0.15) is 5.82 Å². The van der Waals surface area contributed by atoms with Crippen molar-refractivity contribution in [3.05, 3.63) is 46.9 Å². The zero-order valence-corrected chi connectivity index (χ0v) is 13.6. The lowest BCUT2D eigenvalue weighted by molar-refractivity contribution is 0.122. The number of hydrogen-bond acceptors (Lipinski definition) is 3. The molecule has 1 fully saturated rings. The highest BCUT2D eigenvalue weighted by atomic mass is 79.9. The SMILES string of the molecule is Brc1ccc2nc(-c3cccc(N4CCOCC4)c3)[nH]c2c1. The van der Waals surface area contributed by atoms with Crippen molar-refractivity contribution < 1.29 is 4.74 Å². The van der Waals surface area contributed by atoms with E-state index >= 15 is 0 Å². The van der Waals surface area contributed by atoms with Crippen LogP contribution >= 0.6 is 15.9 Å². The van der Waals surface area contributed by atoms with E-state index in [0.29, 0.717) is 0 Å². The summed E-state index contributed by atoms with van der Waals surface area (Å²) in [6.45, 7) is 3.47. The number of halogens is 1. The van der Waals surface area contributed by atoms with E-state index in [1.165, 1.54) is 5.69 Å². The highest BCUT2D eigenvalue weighted by Gasteiger charge is 2.13. The monoisotopic (exact) mass is 357 g/mol. The number of H-pyrrole nitrogens is 1. The van der Waals surface area contributed by atoms with Crippen LogP contribution < -0.4 is 4.90 Å². The van der Waals surface area contributed by atoms with Crippen molar-refractivity contribution in [3.8, 4) is 11.4 Å². The number of rotatable bonds is 2. The Morgan fingerprint density at radius 2 is 1.95 bits per heavy atom. The molecule has 4 rings (SSSR count). The average Bonchev–Trinajstić information content (AvgIpc) is 2.99. The van der Waals surface area contributed by atoms with E-state index in [9.17, 15) is 0 Å². The topological polar surface area (TPSA) is 41.2 Å². The van der Waals surface area contributed by atoms with Gasteiger partial charge >= 0.3 is 0 Å². The highest BCUT2D eigenvalue weighted by Crippen LogP contribution is 2.26. The van der Waals surface area contributed by atoms with E-state index in [1.807, 2.05) is 12.1 Å². The fourth-order valence-electron chi connectivity index (χ4n) is 2.79. The van der Waals surface area contributed by atoms with Gasteiger partial charge in [-0.15, -0.1) is 0 Å². The maximum absolute atomic E-state index is 5.42. The Balaban J connectivity index is 1.71. The van der Waals surface area contributed by atoms with Crippen molar-refractivity contribution in [1.82, 2.24) is 9.97 Å². The summed E-state index contributed by atoms with van der Waals surface area (Å²) in [7, 11) is 0. The van der Waals surface area contributed by atoms with E-state index < -0.39 is 0 Å². The zero-order valence-electron chi connectivity index (χ0n) is 12.1. The number of ether oxygens (including phenoxy) is 1. The molecule has 0 saturated carbocycles. The molecule has 0 unspecified atom stereocenters. The van der Waals surface area contributed by atoms with Crippen LogP contribution in [0.1, 0.15) is 0 Å². The molecule has 0 radical (unpaired) electrons. The largest absolute Gasteiger partial charge is 0.378 e. The molecule has 5 heteroatoms. The van der Waals surface area contributed by atoms with Crippen molar-refractivity contribution in [3.63, 3.8) is 0 Å². The van der Waals surface area contributed by atoms with Gasteiger partial charge in [-0.3, -0.25) is 0 Å². The van der Waals surface area contributed by atoms with Gasteiger partial charge in [-0.1, -0.05) is 28.1 Å². The van der Waals surface area contributed by atoms with Gasteiger partial charge in [0.15, 0.2) is 0 Å². The molecular formula is C17H16BrN3O. The molecule has 1 N–H and O–H groups in total. The first kappa shape index (κ1) is 13.8. The fourth-order valence-corrected chi connectivity index (χ4v) is 3.15. The maximum atomic E-state index is 5.42. The number of morpholine rings is 1. The Morgan fingerprint density at radius 1 is 1.09 bits per heavy atom. The van der Waals surface area contributed by atoms with Crippen molar-refractivity contribution >= 4 is 32.7 Å². The molecule has 0 bridgehead atoms. The third kappa shape index (κ3) is 2.62. The third-order valence-electron chi connectivity index (χ3n) is 3.94. The van der Waals surface area contributed by atoms with Gasteiger partial charge in [0.05, 0.1) is 24.2 Å². The molecule has 0 amide bonds. The first-order valence-electron chi connectivity index (χ1n) is 7.38. The second-order valence-corrected chi connectivity index (χ2v) is 6.31. The average molecular weight is 358 g/mol. The van der Waals surface area contributed by atoms with Gasteiger partial charge in [0.2, 0.25) is 0 Å². The molecule has 0 aliphatic carbocycles. The predicted molar refractivity (Wildman–Crippen MR) is 92.3 cm³/mol. The van der Waals surface area contributed by atoms with Crippen molar-refractivity contribution in [2.24, 2.45) is 0 Å². The number of benzene rings is 2. The molecule has 1 aromatic heterocycles. The van der Waals surface area contributed by atoms with Gasteiger partial charge < -0.3 is 14.6 Å². The summed E-state index contributed by atoms with van der Waals surface area (Å²) >= 11 is 3.50. The molecule has 2 heterocycles. The molecule has 2 aromatic carbocycles. The third-order valence-corrected chi connectivity index (χ3v) is 4.43. The molecule has 112 valence electrons. The summed E-state index contributed by atoms with van der Waals surface area (Å²) in [6, 6.07) is 14.6. The number of nitrogens with zero attached hydrogens (tertiary/aromatic N) is 2. The van der Waals surface area contributed by atoms with Gasteiger partial charge in [-0.25, -0.2) is 4.98 Å². The lowest BCUT2D eigenvalue weighted by Gasteiger charge is -2.29. The van der Waals surface area contributed by atoms with Gasteiger partial charge in [0.25, 0.3) is 0 Å². The van der Waals surface area contributed by atoms with Gasteiger partial charge in [0, 0.05) is 28.8 Å². The minimum absolute atomic E-state index is 0.795. The molecule has 1 aliphatic heterocycles. The first-order chi connectivity index (χ1) is 10.8. The Morgan fingerprint density at radius 3 is 2.82 bits per heavy atom. The lowest BCUT2D eigenvalue weighted by atomic mass is 10.1. The van der Waals surface area contributed by atoms with E-state index in [0.717, 1.165) is 53.2 Å². The van der Waals surface area contributed by atoms with Gasteiger partial charge in [-0.05, 0) is 30.3 Å². The molecule has 22 heavy (non-hydrogen) atoms. The maximum Gasteiger partial charge on any atom is 0.138 e. The standard InChI is InChI=1S/C17H16BrN3O/c18-13-4-5-15-16(11-13)20-17(19-15)12-2-1-3-14(10-12)21-6-8-22-9-7-21/h1-5,10-11H,6-9H2,(H,19,20). The normalized spacial score (nSPS) is 15.4. The number of fused-ring (bicyclic) bond motifs is 1. The van der Waals surface area contributed by atoms with E-state index in [1.54, 1.807) is 0 Å². The van der Waals surface area contributed by atoms with Crippen LogP contribution in [0.25, 0.3) is 22.4 Å². The summed E-state index contributed by atoms with van der Waals surface area (Å²) in [5.41, 5.74) is 4.36. The molecule has 1 aliphatic rings. The first-order valence-corrected chi connectivity index (χ1v) is 8.17. The minimum atomic E-state index is 0.795. The number of hydrogen-bond donors (Lipinski definition) is 1. The summed E-state index contributed by atoms with van der Waals surface area (Å²) in [4.78, 5) is 10.4. The Bertz CT molecular complexity index is 809. The Kier molecular flexibility index (Phi) is 3.60. The van der Waals surface area contributed by atoms with Crippen LogP contribution in [0.15, 0.2) is 46.9 Å². The van der Waals surface area contributed by atoms with Crippen molar-refractivity contribution in [2.75, 3.05) is 31.2 Å². The van der Waals surface area contributed by atoms with Crippen molar-refractivity contribution in [2.45, 2.75) is 0 Å². The molecule has 1 saturated heterocycles. The number of anilines is 1. The molecule has 0 spiro atoms.